The number of aryl methyl sites for hydroxylation is 2. The molecule has 40 heavy (non-hydrogen) atoms. The van der Waals surface area contributed by atoms with Crippen molar-refractivity contribution >= 4 is 27.6 Å². The van der Waals surface area contributed by atoms with Gasteiger partial charge in [-0.3, -0.25) is 0 Å². The van der Waals surface area contributed by atoms with Gasteiger partial charge in [-0.25, -0.2) is 9.78 Å². The van der Waals surface area contributed by atoms with Gasteiger partial charge in [-0.2, -0.15) is 0 Å². The quantitative estimate of drug-likeness (QED) is 0.233. The zero-order valence-electron chi connectivity index (χ0n) is 24.2. The van der Waals surface area contributed by atoms with Gasteiger partial charge >= 0.3 is 6.09 Å². The number of thiophene rings is 1. The first-order valence-corrected chi connectivity index (χ1v) is 15.0. The summed E-state index contributed by atoms with van der Waals surface area (Å²) in [5.41, 5.74) is 2.93. The van der Waals surface area contributed by atoms with Crippen molar-refractivity contribution in [2.45, 2.75) is 71.6 Å². The molecule has 0 bridgehead atoms. The standard InChI is InChI=1S/C31H40N4O4S/c1-6-22-21-35(29(32-22)27-20-28-26(33(27)5)13-18-40-28)16-17-37-24-9-7-10-25(19-24)38-23-11-8-14-34(15-12-23)30(36)39-31(2,3)4/h7,9-10,13,18-21,23H,6,8,11-12,14-17H2,1-5H3. The molecule has 1 fully saturated rings. The van der Waals surface area contributed by atoms with E-state index < -0.39 is 5.60 Å². The zero-order chi connectivity index (χ0) is 28.3. The van der Waals surface area contributed by atoms with Crippen molar-refractivity contribution in [2.24, 2.45) is 7.05 Å². The van der Waals surface area contributed by atoms with E-state index in [-0.39, 0.29) is 12.2 Å². The molecule has 1 aliphatic rings. The smallest absolute Gasteiger partial charge is 0.410 e. The number of hydrogen-bond donors (Lipinski definition) is 0. The second-order valence-electron chi connectivity index (χ2n) is 11.3. The minimum Gasteiger partial charge on any atom is -0.492 e. The van der Waals surface area contributed by atoms with E-state index in [4.69, 9.17) is 19.2 Å². The molecule has 1 atom stereocenters. The van der Waals surface area contributed by atoms with Crippen molar-refractivity contribution in [3.05, 3.63) is 53.7 Å². The van der Waals surface area contributed by atoms with Crippen LogP contribution in [0.25, 0.3) is 21.7 Å². The van der Waals surface area contributed by atoms with E-state index in [2.05, 4.69) is 46.8 Å². The van der Waals surface area contributed by atoms with Gasteiger partial charge in [0.25, 0.3) is 0 Å². The Balaban J connectivity index is 1.18. The van der Waals surface area contributed by atoms with Crippen molar-refractivity contribution < 1.29 is 19.0 Å². The normalized spacial score (nSPS) is 16.2. The number of rotatable bonds is 8. The molecule has 1 amide bonds. The molecule has 8 nitrogen and oxygen atoms in total. The predicted octanol–water partition coefficient (Wildman–Crippen LogP) is 6.91. The Labute approximate surface area is 240 Å². The van der Waals surface area contributed by atoms with E-state index in [0.717, 1.165) is 54.4 Å². The number of ether oxygens (including phenoxy) is 3. The van der Waals surface area contributed by atoms with Gasteiger partial charge in [-0.1, -0.05) is 13.0 Å². The van der Waals surface area contributed by atoms with Crippen LogP contribution < -0.4 is 9.47 Å². The number of nitrogens with zero attached hydrogens (tertiary/aromatic N) is 4. The highest BCUT2D eigenvalue weighted by molar-refractivity contribution is 7.17. The molecule has 4 heterocycles. The summed E-state index contributed by atoms with van der Waals surface area (Å²) in [5.74, 6) is 2.53. The van der Waals surface area contributed by atoms with Crippen LogP contribution in [0.1, 0.15) is 52.7 Å². The average molecular weight is 565 g/mol. The number of fused-ring (bicyclic) bond motifs is 1. The topological polar surface area (TPSA) is 70.8 Å². The second-order valence-corrected chi connectivity index (χ2v) is 12.3. The highest BCUT2D eigenvalue weighted by Crippen LogP contribution is 2.30. The van der Waals surface area contributed by atoms with Gasteiger partial charge in [-0.15, -0.1) is 11.3 Å². The van der Waals surface area contributed by atoms with Crippen molar-refractivity contribution in [1.29, 1.82) is 0 Å². The van der Waals surface area contributed by atoms with E-state index in [1.807, 2.05) is 45.0 Å². The number of amides is 1. The Morgan fingerprint density at radius 3 is 2.73 bits per heavy atom. The van der Waals surface area contributed by atoms with E-state index in [0.29, 0.717) is 26.2 Å². The lowest BCUT2D eigenvalue weighted by molar-refractivity contribution is 0.0252. The molecule has 0 spiro atoms. The van der Waals surface area contributed by atoms with E-state index in [1.165, 1.54) is 10.2 Å². The molecule has 0 saturated carbocycles. The van der Waals surface area contributed by atoms with Gasteiger partial charge in [0, 0.05) is 38.8 Å². The van der Waals surface area contributed by atoms with Crippen molar-refractivity contribution in [3.63, 3.8) is 0 Å². The summed E-state index contributed by atoms with van der Waals surface area (Å²) >= 11 is 1.75. The van der Waals surface area contributed by atoms with Crippen molar-refractivity contribution in [3.8, 4) is 23.0 Å². The van der Waals surface area contributed by atoms with Gasteiger partial charge in [0.05, 0.1) is 28.1 Å². The van der Waals surface area contributed by atoms with Crippen LogP contribution in [0.5, 0.6) is 11.5 Å². The minimum atomic E-state index is -0.490. The minimum absolute atomic E-state index is 0.0450. The van der Waals surface area contributed by atoms with Crippen LogP contribution in [0, 0.1) is 0 Å². The molecule has 1 aliphatic heterocycles. The SMILES string of the molecule is CCc1cn(CCOc2cccc(OC3CCCN(C(=O)OC(C)(C)C)CC3)c2)c(-c2cc3sccc3n2C)n1. The van der Waals surface area contributed by atoms with E-state index >= 15 is 0 Å². The number of hydrogen-bond acceptors (Lipinski definition) is 6. The van der Waals surface area contributed by atoms with Gasteiger partial charge in [-0.05, 0) is 69.7 Å². The molecular weight excluding hydrogens is 524 g/mol. The van der Waals surface area contributed by atoms with Crippen LogP contribution in [0.3, 0.4) is 0 Å². The molecule has 3 aromatic heterocycles. The molecule has 4 aromatic rings. The third-order valence-corrected chi connectivity index (χ3v) is 7.97. The Kier molecular flexibility index (Phi) is 8.40. The van der Waals surface area contributed by atoms with E-state index in [1.54, 1.807) is 16.2 Å². The fourth-order valence-electron chi connectivity index (χ4n) is 5.06. The summed E-state index contributed by atoms with van der Waals surface area (Å²) in [4.78, 5) is 19.2. The zero-order valence-corrected chi connectivity index (χ0v) is 25.0. The maximum Gasteiger partial charge on any atom is 0.410 e. The predicted molar refractivity (Wildman–Crippen MR) is 159 cm³/mol. The van der Waals surface area contributed by atoms with Crippen LogP contribution >= 0.6 is 11.3 Å². The summed E-state index contributed by atoms with van der Waals surface area (Å²) in [6.45, 7) is 10.3. The second kappa shape index (κ2) is 12.0. The van der Waals surface area contributed by atoms with Crippen LogP contribution in [0.15, 0.2) is 48.0 Å². The van der Waals surface area contributed by atoms with Crippen molar-refractivity contribution in [1.82, 2.24) is 19.0 Å². The van der Waals surface area contributed by atoms with Gasteiger partial charge in [0.15, 0.2) is 5.82 Å². The summed E-state index contributed by atoms with van der Waals surface area (Å²) < 4.78 is 23.7. The summed E-state index contributed by atoms with van der Waals surface area (Å²) in [7, 11) is 2.10. The highest BCUT2D eigenvalue weighted by atomic mass is 32.1. The molecule has 1 unspecified atom stereocenters. The lowest BCUT2D eigenvalue weighted by Crippen LogP contribution is -2.37. The highest BCUT2D eigenvalue weighted by Gasteiger charge is 2.26. The lowest BCUT2D eigenvalue weighted by atomic mass is 10.1. The first kappa shape index (κ1) is 28.1. The van der Waals surface area contributed by atoms with Gasteiger partial charge in [0.2, 0.25) is 0 Å². The monoisotopic (exact) mass is 564 g/mol. The number of benzene rings is 1. The van der Waals surface area contributed by atoms with Crippen LogP contribution in [-0.2, 0) is 24.8 Å². The van der Waals surface area contributed by atoms with Crippen LogP contribution in [-0.4, -0.2) is 56.5 Å². The Bertz CT molecular complexity index is 1450. The Hall–Kier alpha value is -3.46. The number of imidazole rings is 1. The van der Waals surface area contributed by atoms with Crippen LogP contribution in [0.2, 0.25) is 0 Å². The molecule has 214 valence electrons. The molecule has 9 heteroatoms. The van der Waals surface area contributed by atoms with Crippen molar-refractivity contribution in [2.75, 3.05) is 19.7 Å². The van der Waals surface area contributed by atoms with Crippen LogP contribution in [0.4, 0.5) is 4.79 Å². The Morgan fingerprint density at radius 1 is 1.12 bits per heavy atom. The fraction of sp³-hybridized carbons (Fsp3) is 0.484. The summed E-state index contributed by atoms with van der Waals surface area (Å²) in [5, 5.41) is 2.12. The molecule has 1 aromatic carbocycles. The van der Waals surface area contributed by atoms with Gasteiger partial charge < -0.3 is 28.2 Å². The lowest BCUT2D eigenvalue weighted by Gasteiger charge is -2.26. The first-order chi connectivity index (χ1) is 19.2. The molecule has 1 saturated heterocycles. The maximum absolute atomic E-state index is 12.5. The molecule has 0 radical (unpaired) electrons. The first-order valence-electron chi connectivity index (χ1n) is 14.2. The fourth-order valence-corrected chi connectivity index (χ4v) is 5.91. The third-order valence-electron chi connectivity index (χ3n) is 7.12. The molecule has 0 N–H and O–H groups in total. The maximum atomic E-state index is 12.5. The molecule has 5 rings (SSSR count). The molecule has 0 aliphatic carbocycles. The summed E-state index contributed by atoms with van der Waals surface area (Å²) in [6, 6.07) is 12.2. The number of aromatic nitrogens is 3. The number of likely N-dealkylation sites (tertiary alicyclic amines) is 1. The Morgan fingerprint density at radius 2 is 1.95 bits per heavy atom. The molecular formula is C31H40N4O4S. The van der Waals surface area contributed by atoms with Gasteiger partial charge in [0.1, 0.15) is 29.8 Å². The summed E-state index contributed by atoms with van der Waals surface area (Å²) in [6.07, 6.45) is 5.36. The largest absolute Gasteiger partial charge is 0.492 e. The number of carbonyl (C=O) groups is 1. The van der Waals surface area contributed by atoms with E-state index in [9.17, 15) is 4.79 Å². The number of carbonyl (C=O) groups excluding carboxylic acids is 1. The average Bonchev–Trinajstić information content (AvgIpc) is 3.56. The third kappa shape index (κ3) is 6.63.